The second-order valence-corrected chi connectivity index (χ2v) is 5.11. The zero-order chi connectivity index (χ0) is 12.5. The number of ether oxygens (including phenoxy) is 1. The molecule has 3 aliphatic rings. The van der Waals surface area contributed by atoms with Crippen LogP contribution in [0.3, 0.4) is 0 Å². The van der Waals surface area contributed by atoms with Crippen molar-refractivity contribution in [3.8, 4) is 5.75 Å². The molecular formula is C15H19NO2. The second-order valence-electron chi connectivity index (χ2n) is 5.11. The van der Waals surface area contributed by atoms with Crippen molar-refractivity contribution >= 4 is 6.08 Å². The van der Waals surface area contributed by atoms with Crippen molar-refractivity contribution in [1.82, 2.24) is 4.90 Å². The summed E-state index contributed by atoms with van der Waals surface area (Å²) in [5, 5.41) is 10.3. The topological polar surface area (TPSA) is 32.7 Å². The molecule has 0 aliphatic carbocycles. The number of methoxy groups -OCH3 is 1. The molecule has 1 unspecified atom stereocenters. The van der Waals surface area contributed by atoms with Gasteiger partial charge in [0.25, 0.3) is 0 Å². The van der Waals surface area contributed by atoms with Gasteiger partial charge in [-0.15, -0.1) is 0 Å². The molecule has 3 heteroatoms. The molecule has 0 amide bonds. The van der Waals surface area contributed by atoms with E-state index in [2.05, 4.69) is 11.0 Å². The molecule has 1 N–H and O–H groups in total. The molecule has 3 nitrogen and oxygen atoms in total. The lowest BCUT2D eigenvalue weighted by molar-refractivity contribution is 0.0215. The third kappa shape index (κ3) is 1.99. The highest BCUT2D eigenvalue weighted by Gasteiger charge is 2.36. The van der Waals surface area contributed by atoms with Crippen LogP contribution in [-0.2, 0) is 0 Å². The summed E-state index contributed by atoms with van der Waals surface area (Å²) in [6, 6.07) is 7.97. The van der Waals surface area contributed by atoms with E-state index in [1.165, 1.54) is 0 Å². The van der Waals surface area contributed by atoms with Gasteiger partial charge in [-0.2, -0.15) is 0 Å². The van der Waals surface area contributed by atoms with E-state index in [1.54, 1.807) is 7.11 Å². The Bertz CT molecular complexity index is 440. The molecule has 0 saturated carbocycles. The number of benzene rings is 1. The van der Waals surface area contributed by atoms with Crippen LogP contribution in [0.25, 0.3) is 6.08 Å². The van der Waals surface area contributed by atoms with E-state index in [9.17, 15) is 5.11 Å². The van der Waals surface area contributed by atoms with Crippen LogP contribution in [0.5, 0.6) is 5.75 Å². The lowest BCUT2D eigenvalue weighted by atomic mass is 9.83. The number of fused-ring (bicyclic) bond motifs is 3. The number of hydrogen-bond donors (Lipinski definition) is 1. The van der Waals surface area contributed by atoms with Crippen molar-refractivity contribution < 1.29 is 9.84 Å². The van der Waals surface area contributed by atoms with Gasteiger partial charge in [-0.25, -0.2) is 0 Å². The number of aliphatic hydroxyl groups excluding tert-OH is 1. The average Bonchev–Trinajstić information content (AvgIpc) is 2.44. The van der Waals surface area contributed by atoms with Crippen LogP contribution in [0.2, 0.25) is 0 Å². The van der Waals surface area contributed by atoms with E-state index >= 15 is 0 Å². The average molecular weight is 245 g/mol. The Morgan fingerprint density at radius 2 is 1.89 bits per heavy atom. The first-order valence-electron chi connectivity index (χ1n) is 6.56. The summed E-state index contributed by atoms with van der Waals surface area (Å²) in [6.07, 6.45) is 4.08. The Balaban J connectivity index is 1.86. The zero-order valence-corrected chi connectivity index (χ0v) is 10.7. The molecule has 3 aliphatic heterocycles. The predicted molar refractivity (Wildman–Crippen MR) is 71.3 cm³/mol. The molecule has 3 fully saturated rings. The first-order valence-corrected chi connectivity index (χ1v) is 6.56. The molecular weight excluding hydrogens is 226 g/mol. The summed E-state index contributed by atoms with van der Waals surface area (Å²) >= 11 is 0. The van der Waals surface area contributed by atoms with Crippen molar-refractivity contribution in [2.24, 2.45) is 5.92 Å². The number of rotatable bonds is 2. The van der Waals surface area contributed by atoms with E-state index in [-0.39, 0.29) is 6.10 Å². The van der Waals surface area contributed by atoms with Gasteiger partial charge in [-0.05, 0) is 42.5 Å². The van der Waals surface area contributed by atoms with E-state index in [0.29, 0.717) is 5.92 Å². The minimum absolute atomic E-state index is 0.283. The third-order valence-corrected chi connectivity index (χ3v) is 4.08. The van der Waals surface area contributed by atoms with Gasteiger partial charge in [-0.3, -0.25) is 0 Å². The van der Waals surface area contributed by atoms with Crippen LogP contribution in [0.4, 0.5) is 0 Å². The van der Waals surface area contributed by atoms with E-state index < -0.39 is 0 Å². The van der Waals surface area contributed by atoms with Gasteiger partial charge < -0.3 is 14.7 Å². The quantitative estimate of drug-likeness (QED) is 0.866. The van der Waals surface area contributed by atoms with Gasteiger partial charge in [0.15, 0.2) is 0 Å². The maximum atomic E-state index is 10.3. The summed E-state index contributed by atoms with van der Waals surface area (Å²) in [4.78, 5) is 2.31. The SMILES string of the molecule is COc1ccc(C=C2C(O)C3CCN2CC3)cc1. The van der Waals surface area contributed by atoms with E-state index in [0.717, 1.165) is 42.9 Å². The lowest BCUT2D eigenvalue weighted by Gasteiger charge is -2.45. The highest BCUT2D eigenvalue weighted by molar-refractivity contribution is 5.55. The Kier molecular flexibility index (Phi) is 3.00. The Labute approximate surface area is 108 Å². The normalized spacial score (nSPS) is 28.8. The number of nitrogens with zero attached hydrogens (tertiary/aromatic N) is 1. The van der Waals surface area contributed by atoms with Gasteiger partial charge in [0.2, 0.25) is 0 Å². The summed E-state index contributed by atoms with van der Waals surface area (Å²) in [7, 11) is 1.67. The highest BCUT2D eigenvalue weighted by Crippen LogP contribution is 2.35. The molecule has 4 rings (SSSR count). The van der Waals surface area contributed by atoms with Crippen molar-refractivity contribution in [3.05, 3.63) is 35.5 Å². The smallest absolute Gasteiger partial charge is 0.118 e. The first-order chi connectivity index (χ1) is 8.78. The summed E-state index contributed by atoms with van der Waals surface area (Å²) in [5.74, 6) is 1.32. The predicted octanol–water partition coefficient (Wildman–Crippen LogP) is 2.12. The highest BCUT2D eigenvalue weighted by atomic mass is 16.5. The van der Waals surface area contributed by atoms with Crippen LogP contribution >= 0.6 is 0 Å². The standard InChI is InChI=1S/C15H19NO2/c1-18-13-4-2-11(3-5-13)10-14-15(17)12-6-8-16(14)9-7-12/h2-5,10,12,15,17H,6-9H2,1H3. The van der Waals surface area contributed by atoms with Crippen LogP contribution in [0, 0.1) is 5.92 Å². The van der Waals surface area contributed by atoms with E-state index in [1.807, 2.05) is 24.3 Å². The Morgan fingerprint density at radius 1 is 1.22 bits per heavy atom. The Hall–Kier alpha value is -1.48. The second kappa shape index (κ2) is 4.65. The molecule has 1 aromatic rings. The molecule has 3 saturated heterocycles. The van der Waals surface area contributed by atoms with Crippen LogP contribution < -0.4 is 4.74 Å². The van der Waals surface area contributed by atoms with Gasteiger partial charge >= 0.3 is 0 Å². The summed E-state index contributed by atoms with van der Waals surface area (Å²) < 4.78 is 5.15. The molecule has 0 radical (unpaired) electrons. The Morgan fingerprint density at radius 3 is 2.44 bits per heavy atom. The minimum atomic E-state index is -0.283. The maximum Gasteiger partial charge on any atom is 0.118 e. The number of hydrogen-bond acceptors (Lipinski definition) is 3. The maximum absolute atomic E-state index is 10.3. The minimum Gasteiger partial charge on any atom is -0.497 e. The van der Waals surface area contributed by atoms with Crippen LogP contribution in [-0.4, -0.2) is 36.3 Å². The molecule has 2 bridgehead atoms. The fraction of sp³-hybridized carbons (Fsp3) is 0.467. The van der Waals surface area contributed by atoms with Crippen molar-refractivity contribution in [1.29, 1.82) is 0 Å². The summed E-state index contributed by atoms with van der Waals surface area (Å²) in [5.41, 5.74) is 2.21. The molecule has 1 atom stereocenters. The first kappa shape index (κ1) is 11.6. The van der Waals surface area contributed by atoms with Crippen LogP contribution in [0.15, 0.2) is 30.0 Å². The molecule has 0 aromatic heterocycles. The molecule has 3 heterocycles. The largest absolute Gasteiger partial charge is 0.497 e. The third-order valence-electron chi connectivity index (χ3n) is 4.08. The van der Waals surface area contributed by atoms with Crippen molar-refractivity contribution in [3.63, 3.8) is 0 Å². The fourth-order valence-electron chi connectivity index (χ4n) is 2.95. The van der Waals surface area contributed by atoms with Crippen LogP contribution in [0.1, 0.15) is 18.4 Å². The zero-order valence-electron chi connectivity index (χ0n) is 10.7. The van der Waals surface area contributed by atoms with E-state index in [4.69, 9.17) is 4.74 Å². The molecule has 96 valence electrons. The number of piperidine rings is 3. The van der Waals surface area contributed by atoms with Gasteiger partial charge in [0.1, 0.15) is 5.75 Å². The molecule has 18 heavy (non-hydrogen) atoms. The fourth-order valence-corrected chi connectivity index (χ4v) is 2.95. The number of aliphatic hydroxyl groups is 1. The van der Waals surface area contributed by atoms with Gasteiger partial charge in [0.05, 0.1) is 13.2 Å². The lowest BCUT2D eigenvalue weighted by Crippen LogP contribution is -2.48. The van der Waals surface area contributed by atoms with Crippen molar-refractivity contribution in [2.45, 2.75) is 18.9 Å². The molecule has 0 spiro atoms. The molecule has 1 aromatic carbocycles. The van der Waals surface area contributed by atoms with Gasteiger partial charge in [-0.1, -0.05) is 12.1 Å². The van der Waals surface area contributed by atoms with Crippen molar-refractivity contribution in [2.75, 3.05) is 20.2 Å². The monoisotopic (exact) mass is 245 g/mol. The summed E-state index contributed by atoms with van der Waals surface area (Å²) in [6.45, 7) is 2.17. The van der Waals surface area contributed by atoms with Gasteiger partial charge in [0, 0.05) is 18.8 Å².